The maximum Gasteiger partial charge on any atom is 0.319 e. The lowest BCUT2D eigenvalue weighted by molar-refractivity contribution is 0.107. The normalized spacial score (nSPS) is 22.9. The van der Waals surface area contributed by atoms with E-state index in [1.807, 2.05) is 19.1 Å². The third kappa shape index (κ3) is 5.72. The Labute approximate surface area is 286 Å². The molecule has 48 heavy (non-hydrogen) atoms. The smallest absolute Gasteiger partial charge is 0.319 e. The summed E-state index contributed by atoms with van der Waals surface area (Å²) in [5, 5.41) is 2.18. The zero-order valence-corrected chi connectivity index (χ0v) is 29.6. The van der Waals surface area contributed by atoms with E-state index in [4.69, 9.17) is 30.5 Å². The average Bonchev–Trinajstić information content (AvgIpc) is 3.56. The molecule has 0 amide bonds. The van der Waals surface area contributed by atoms with Gasteiger partial charge in [-0.15, -0.1) is 0 Å². The van der Waals surface area contributed by atoms with Crippen molar-refractivity contribution in [1.29, 1.82) is 0 Å². The van der Waals surface area contributed by atoms with E-state index in [1.165, 1.54) is 10.4 Å². The van der Waals surface area contributed by atoms with Crippen molar-refractivity contribution >= 4 is 47.0 Å². The molecular weight excluding hydrogens is 652 g/mol. The predicted octanol–water partition coefficient (Wildman–Crippen LogP) is 5.94. The summed E-state index contributed by atoms with van der Waals surface area (Å²) in [5.74, 6) is -0.146. The molecule has 3 aliphatic heterocycles. The van der Waals surface area contributed by atoms with Gasteiger partial charge >= 0.3 is 6.01 Å². The minimum absolute atomic E-state index is 0.0140. The summed E-state index contributed by atoms with van der Waals surface area (Å²) in [6.07, 6.45) is 1.31. The fourth-order valence-corrected chi connectivity index (χ4v) is 12.7. The molecule has 2 fully saturated rings. The van der Waals surface area contributed by atoms with Gasteiger partial charge in [0.1, 0.15) is 36.1 Å². The number of anilines is 1. The minimum atomic E-state index is -2.82. The molecule has 2 saturated heterocycles. The highest BCUT2D eigenvalue weighted by atomic mass is 35.5. The van der Waals surface area contributed by atoms with E-state index in [0.29, 0.717) is 37.3 Å². The highest BCUT2D eigenvalue weighted by molar-refractivity contribution is 6.99. The highest BCUT2D eigenvalue weighted by Crippen LogP contribution is 2.42. The number of fused-ring (bicyclic) bond motifs is 1. The van der Waals surface area contributed by atoms with Gasteiger partial charge in [0.05, 0.1) is 18.2 Å². The fourth-order valence-electron chi connectivity index (χ4n) is 7.98. The molecule has 2 aromatic carbocycles. The van der Waals surface area contributed by atoms with Gasteiger partial charge in [0.15, 0.2) is 11.0 Å². The molecule has 0 bridgehead atoms. The van der Waals surface area contributed by atoms with Crippen LogP contribution in [0, 0.1) is 5.82 Å². The molecule has 0 N–H and O–H groups in total. The zero-order valence-electron chi connectivity index (χ0n) is 27.9. The predicted molar refractivity (Wildman–Crippen MR) is 187 cm³/mol. The molecule has 12 heteroatoms. The first-order valence-electron chi connectivity index (χ1n) is 16.8. The maximum absolute atomic E-state index is 15.7. The molecule has 0 spiro atoms. The molecule has 3 aliphatic rings. The second-order valence-corrected chi connectivity index (χ2v) is 19.0. The van der Waals surface area contributed by atoms with Crippen molar-refractivity contribution in [3.8, 4) is 11.9 Å². The summed E-state index contributed by atoms with van der Waals surface area (Å²) >= 11 is 6.24. The molecule has 3 atom stereocenters. The van der Waals surface area contributed by atoms with Crippen molar-refractivity contribution in [3.63, 3.8) is 0 Å². The Bertz CT molecular complexity index is 1740. The number of benzene rings is 2. The summed E-state index contributed by atoms with van der Waals surface area (Å²) in [7, 11) is -2.82. The van der Waals surface area contributed by atoms with Crippen LogP contribution in [0.1, 0.15) is 47.0 Å². The first-order valence-corrected chi connectivity index (χ1v) is 19.0. The van der Waals surface area contributed by atoms with Crippen LogP contribution in [0.15, 0.2) is 60.7 Å². The van der Waals surface area contributed by atoms with Gasteiger partial charge in [0, 0.05) is 19.5 Å². The SMILES string of the molecule is C[C@@H]1COc2nc(Cl)c(F)c3nc(OC[C@@]45CCCN4C[C@H](F)C5)nc(c23)N1CCO[Si](c1ccccc1)(c1ccccc1)C(C)(C)C. The first-order chi connectivity index (χ1) is 23.0. The summed E-state index contributed by atoms with van der Waals surface area (Å²) in [5.41, 5.74) is -0.432. The Balaban J connectivity index is 1.25. The molecule has 8 nitrogen and oxygen atoms in total. The minimum Gasteiger partial charge on any atom is -0.475 e. The number of ether oxygens (including phenoxy) is 2. The van der Waals surface area contributed by atoms with Crippen LogP contribution in [-0.2, 0) is 4.43 Å². The molecule has 254 valence electrons. The molecule has 0 radical (unpaired) electrons. The summed E-state index contributed by atoms with van der Waals surface area (Å²) in [6, 6.07) is 20.8. The number of hydrogen-bond donors (Lipinski definition) is 0. The lowest BCUT2D eigenvalue weighted by Crippen LogP contribution is -2.67. The Kier molecular flexibility index (Phi) is 8.85. The van der Waals surface area contributed by atoms with Crippen LogP contribution < -0.4 is 24.7 Å². The van der Waals surface area contributed by atoms with E-state index >= 15 is 4.39 Å². The third-order valence-electron chi connectivity index (χ3n) is 10.2. The van der Waals surface area contributed by atoms with Gasteiger partial charge in [-0.1, -0.05) is 93.0 Å². The molecule has 7 rings (SSSR count). The van der Waals surface area contributed by atoms with Crippen LogP contribution in [-0.4, -0.2) is 85.4 Å². The number of hydrogen-bond acceptors (Lipinski definition) is 8. The van der Waals surface area contributed by atoms with Gasteiger partial charge in [-0.2, -0.15) is 15.0 Å². The van der Waals surface area contributed by atoms with Gasteiger partial charge in [-0.25, -0.2) is 8.78 Å². The number of rotatable bonds is 9. The fraction of sp³-hybridized carbons (Fsp3) is 0.472. The second kappa shape index (κ2) is 12.8. The van der Waals surface area contributed by atoms with Crippen molar-refractivity contribution < 1.29 is 22.7 Å². The van der Waals surface area contributed by atoms with Crippen molar-refractivity contribution in [2.24, 2.45) is 0 Å². The van der Waals surface area contributed by atoms with E-state index in [0.717, 1.165) is 19.4 Å². The van der Waals surface area contributed by atoms with Gasteiger partial charge in [-0.3, -0.25) is 4.90 Å². The summed E-state index contributed by atoms with van der Waals surface area (Å²) in [6.45, 7) is 11.3. The molecular formula is C36H42ClF2N5O3Si. The topological polar surface area (TPSA) is 72.8 Å². The van der Waals surface area contributed by atoms with Gasteiger partial charge in [-0.05, 0) is 41.7 Å². The molecule has 4 aromatic rings. The van der Waals surface area contributed by atoms with Crippen LogP contribution in [0.4, 0.5) is 14.6 Å². The lowest BCUT2D eigenvalue weighted by atomic mass is 9.95. The lowest BCUT2D eigenvalue weighted by Gasteiger charge is -2.43. The maximum atomic E-state index is 15.7. The molecule has 5 heterocycles. The average molecular weight is 694 g/mol. The molecule has 2 aromatic heterocycles. The Morgan fingerprint density at radius 2 is 1.73 bits per heavy atom. The van der Waals surface area contributed by atoms with Crippen molar-refractivity contribution in [1.82, 2.24) is 19.9 Å². The van der Waals surface area contributed by atoms with E-state index in [9.17, 15) is 4.39 Å². The van der Waals surface area contributed by atoms with Crippen molar-refractivity contribution in [3.05, 3.63) is 71.6 Å². The van der Waals surface area contributed by atoms with Gasteiger partial charge in [0.2, 0.25) is 5.88 Å². The Morgan fingerprint density at radius 3 is 2.40 bits per heavy atom. The van der Waals surface area contributed by atoms with Crippen LogP contribution in [0.2, 0.25) is 10.2 Å². The molecule has 0 saturated carbocycles. The van der Waals surface area contributed by atoms with Gasteiger partial charge in [0.25, 0.3) is 8.32 Å². The molecule has 0 unspecified atom stereocenters. The number of aromatic nitrogens is 3. The van der Waals surface area contributed by atoms with Crippen LogP contribution in [0.3, 0.4) is 0 Å². The van der Waals surface area contributed by atoms with Crippen molar-refractivity contribution in [2.75, 3.05) is 44.4 Å². The number of halogens is 3. The van der Waals surface area contributed by atoms with Gasteiger partial charge < -0.3 is 18.8 Å². The van der Waals surface area contributed by atoms with E-state index in [2.05, 4.69) is 89.1 Å². The first kappa shape index (κ1) is 33.1. The van der Waals surface area contributed by atoms with E-state index < -0.39 is 25.8 Å². The second-order valence-electron chi connectivity index (χ2n) is 14.3. The number of pyridine rings is 1. The largest absolute Gasteiger partial charge is 0.475 e. The standard InChI is InChI=1S/C36H42ClF2N5O3Si/c1-24-22-45-33-28-30(29(39)31(37)41-33)40-34(46-23-36-16-11-17-43(36)21-25(38)20-36)42-32(28)44(24)18-19-47-48(35(2,3)4,26-12-7-5-8-13-26)27-14-9-6-10-15-27/h5-10,12-15,24-25H,11,16-23H2,1-4H3/t24-,25-,36+/m1/s1. The highest BCUT2D eigenvalue weighted by Gasteiger charge is 2.51. The van der Waals surface area contributed by atoms with Crippen LogP contribution >= 0.6 is 11.6 Å². The monoisotopic (exact) mass is 693 g/mol. The third-order valence-corrected chi connectivity index (χ3v) is 15.5. The Hall–Kier alpha value is -3.38. The van der Waals surface area contributed by atoms with E-state index in [-0.39, 0.29) is 46.9 Å². The summed E-state index contributed by atoms with van der Waals surface area (Å²) < 4.78 is 49.7. The quantitative estimate of drug-likeness (QED) is 0.158. The van der Waals surface area contributed by atoms with Crippen LogP contribution in [0.5, 0.6) is 11.9 Å². The Morgan fingerprint density at radius 1 is 1.04 bits per heavy atom. The molecule has 0 aliphatic carbocycles. The zero-order chi connectivity index (χ0) is 33.7. The number of nitrogens with zero attached hydrogens (tertiary/aromatic N) is 5. The number of alkyl halides is 1. The van der Waals surface area contributed by atoms with Crippen LogP contribution in [0.25, 0.3) is 10.9 Å². The summed E-state index contributed by atoms with van der Waals surface area (Å²) in [4.78, 5) is 17.8. The van der Waals surface area contributed by atoms with E-state index in [1.54, 1.807) is 0 Å². The van der Waals surface area contributed by atoms with Crippen molar-refractivity contribution in [2.45, 2.75) is 69.7 Å².